The smallest absolute Gasteiger partial charge is 0.416 e. The summed E-state index contributed by atoms with van der Waals surface area (Å²) in [6, 6.07) is 21.7. The van der Waals surface area contributed by atoms with Crippen LogP contribution in [0.25, 0.3) is 11.1 Å². The number of benzene rings is 3. The first kappa shape index (κ1) is 36.9. The van der Waals surface area contributed by atoms with Gasteiger partial charge in [-0.15, -0.1) is 0 Å². The number of unbranched alkanes of at least 4 members (excludes halogenated alkanes) is 1. The van der Waals surface area contributed by atoms with E-state index >= 15 is 0 Å². The van der Waals surface area contributed by atoms with E-state index in [1.165, 1.54) is 12.1 Å². The fraction of sp³-hybridized carbons (Fsp3) is 0.359. The number of aromatic carboxylic acids is 1. The van der Waals surface area contributed by atoms with Crippen LogP contribution in [0, 0.1) is 0 Å². The molecule has 3 aromatic carbocycles. The van der Waals surface area contributed by atoms with Crippen LogP contribution >= 0.6 is 11.6 Å². The van der Waals surface area contributed by atoms with E-state index in [-0.39, 0.29) is 24.3 Å². The van der Waals surface area contributed by atoms with Gasteiger partial charge >= 0.3 is 18.1 Å². The molecule has 5 rings (SSSR count). The molecule has 0 radical (unpaired) electrons. The second kappa shape index (κ2) is 17.0. The van der Waals surface area contributed by atoms with Crippen molar-refractivity contribution in [2.75, 3.05) is 19.7 Å². The Morgan fingerprint density at radius 3 is 2.44 bits per heavy atom. The van der Waals surface area contributed by atoms with Crippen molar-refractivity contribution >= 4 is 23.5 Å². The zero-order valence-corrected chi connectivity index (χ0v) is 28.6. The molecule has 264 valence electrons. The van der Waals surface area contributed by atoms with Gasteiger partial charge in [-0.05, 0) is 105 Å². The number of nitrogens with zero attached hydrogens (tertiary/aromatic N) is 2. The molecule has 0 aliphatic heterocycles. The van der Waals surface area contributed by atoms with Gasteiger partial charge in [0.15, 0.2) is 0 Å². The van der Waals surface area contributed by atoms with E-state index in [4.69, 9.17) is 21.1 Å². The van der Waals surface area contributed by atoms with Crippen molar-refractivity contribution < 1.29 is 37.3 Å². The van der Waals surface area contributed by atoms with Gasteiger partial charge in [0.1, 0.15) is 18.1 Å². The number of carbonyl (C=O) groups is 2. The third-order valence-electron chi connectivity index (χ3n) is 8.92. The number of para-hydroxylation sites is 1. The lowest BCUT2D eigenvalue weighted by Crippen LogP contribution is -2.34. The quantitative estimate of drug-likeness (QED) is 0.0973. The molecule has 0 bridgehead atoms. The fourth-order valence-electron chi connectivity index (χ4n) is 6.34. The van der Waals surface area contributed by atoms with Crippen LogP contribution in [0.2, 0.25) is 5.02 Å². The summed E-state index contributed by atoms with van der Waals surface area (Å²) in [6.45, 7) is 3.80. The standard InChI is InChI=1S/C39H40ClF3N2O5/c1-2-49-37(46)12-5-6-22-45(35-10-7-9-33-31(35)19-20-34(44-33)38(47)48)23-21-27-8-3-4-11-36(27)50-25-29-14-13-28(24-32(29)40)26-15-17-30(18-16-26)39(41,42)43/h3-4,8,11,13-20,24,35H,2,5-7,9-10,12,21-23,25H2,1H3,(H,47,48). The predicted octanol–water partition coefficient (Wildman–Crippen LogP) is 9.35. The van der Waals surface area contributed by atoms with Crippen molar-refractivity contribution in [3.05, 3.63) is 118 Å². The van der Waals surface area contributed by atoms with Crippen LogP contribution in [0.1, 0.15) is 83.5 Å². The fourth-order valence-corrected chi connectivity index (χ4v) is 6.57. The first-order valence-electron chi connectivity index (χ1n) is 16.8. The Labute approximate surface area is 295 Å². The number of aryl methyl sites for hydroxylation is 1. The summed E-state index contributed by atoms with van der Waals surface area (Å²) in [5.41, 5.74) is 4.29. The lowest BCUT2D eigenvalue weighted by atomic mass is 9.89. The highest BCUT2D eigenvalue weighted by molar-refractivity contribution is 6.31. The Balaban J connectivity index is 1.27. The average Bonchev–Trinajstić information content (AvgIpc) is 3.10. The van der Waals surface area contributed by atoms with Gasteiger partial charge in [0.25, 0.3) is 0 Å². The first-order chi connectivity index (χ1) is 24.0. The van der Waals surface area contributed by atoms with Crippen molar-refractivity contribution in [2.45, 2.75) is 70.7 Å². The number of rotatable bonds is 15. The van der Waals surface area contributed by atoms with Gasteiger partial charge < -0.3 is 14.6 Å². The molecule has 1 N–H and O–H groups in total. The van der Waals surface area contributed by atoms with Gasteiger partial charge in [0, 0.05) is 35.3 Å². The number of alkyl halides is 3. The van der Waals surface area contributed by atoms with Gasteiger partial charge in [-0.1, -0.05) is 60.1 Å². The molecule has 50 heavy (non-hydrogen) atoms. The maximum atomic E-state index is 13.0. The van der Waals surface area contributed by atoms with Crippen LogP contribution in [-0.4, -0.2) is 46.6 Å². The van der Waals surface area contributed by atoms with Crippen molar-refractivity contribution in [1.29, 1.82) is 0 Å². The minimum absolute atomic E-state index is 0.0470. The van der Waals surface area contributed by atoms with Crippen LogP contribution in [0.5, 0.6) is 5.75 Å². The van der Waals surface area contributed by atoms with Crippen molar-refractivity contribution in [3.63, 3.8) is 0 Å². The summed E-state index contributed by atoms with van der Waals surface area (Å²) < 4.78 is 50.3. The molecule has 4 aromatic rings. The molecule has 1 aromatic heterocycles. The van der Waals surface area contributed by atoms with Gasteiger partial charge in [0.2, 0.25) is 0 Å². The van der Waals surface area contributed by atoms with Gasteiger partial charge in [-0.3, -0.25) is 9.69 Å². The molecule has 11 heteroatoms. The summed E-state index contributed by atoms with van der Waals surface area (Å²) in [7, 11) is 0. The number of carbonyl (C=O) groups excluding carboxylic acids is 1. The van der Waals surface area contributed by atoms with Crippen molar-refractivity contribution in [1.82, 2.24) is 9.88 Å². The van der Waals surface area contributed by atoms with E-state index in [1.54, 1.807) is 19.1 Å². The second-order valence-electron chi connectivity index (χ2n) is 12.3. The highest BCUT2D eigenvalue weighted by Crippen LogP contribution is 2.35. The zero-order valence-electron chi connectivity index (χ0n) is 27.8. The molecule has 1 unspecified atom stereocenters. The summed E-state index contributed by atoms with van der Waals surface area (Å²) in [6.07, 6.45) is 0.674. The van der Waals surface area contributed by atoms with Crippen LogP contribution < -0.4 is 4.74 Å². The Bertz CT molecular complexity index is 1780. The number of esters is 1. The number of pyridine rings is 1. The molecule has 0 saturated heterocycles. The second-order valence-corrected chi connectivity index (χ2v) is 12.7. The zero-order chi connectivity index (χ0) is 35.7. The highest BCUT2D eigenvalue weighted by Gasteiger charge is 2.30. The molecule has 1 atom stereocenters. The molecule has 0 amide bonds. The minimum atomic E-state index is -4.40. The Kier molecular flexibility index (Phi) is 12.5. The van der Waals surface area contributed by atoms with Crippen LogP contribution in [0.15, 0.2) is 78.9 Å². The summed E-state index contributed by atoms with van der Waals surface area (Å²) in [4.78, 5) is 30.4. The molecule has 0 saturated carbocycles. The molecule has 1 aliphatic rings. The van der Waals surface area contributed by atoms with E-state index in [0.717, 1.165) is 72.5 Å². The largest absolute Gasteiger partial charge is 0.489 e. The minimum Gasteiger partial charge on any atom is -0.489 e. The molecule has 0 fully saturated rings. The van der Waals surface area contributed by atoms with Crippen LogP contribution in [0.3, 0.4) is 0 Å². The maximum Gasteiger partial charge on any atom is 0.416 e. The maximum absolute atomic E-state index is 13.0. The third kappa shape index (κ3) is 9.63. The molecule has 1 heterocycles. The lowest BCUT2D eigenvalue weighted by Gasteiger charge is -2.36. The van der Waals surface area contributed by atoms with E-state index in [9.17, 15) is 27.9 Å². The summed E-state index contributed by atoms with van der Waals surface area (Å²) in [5, 5.41) is 9.93. The van der Waals surface area contributed by atoms with Crippen molar-refractivity contribution in [2.24, 2.45) is 0 Å². The highest BCUT2D eigenvalue weighted by atomic mass is 35.5. The number of aromatic nitrogens is 1. The molecular formula is C39H40ClF3N2O5. The van der Waals surface area contributed by atoms with Gasteiger partial charge in [0.05, 0.1) is 12.2 Å². The monoisotopic (exact) mass is 708 g/mol. The van der Waals surface area contributed by atoms with E-state index in [0.29, 0.717) is 48.6 Å². The number of fused-ring (bicyclic) bond motifs is 1. The number of halogens is 4. The van der Waals surface area contributed by atoms with Crippen molar-refractivity contribution in [3.8, 4) is 16.9 Å². The Morgan fingerprint density at radius 2 is 1.72 bits per heavy atom. The van der Waals surface area contributed by atoms with E-state index in [1.807, 2.05) is 42.5 Å². The topological polar surface area (TPSA) is 89.0 Å². The predicted molar refractivity (Wildman–Crippen MR) is 185 cm³/mol. The molecule has 1 aliphatic carbocycles. The Morgan fingerprint density at radius 1 is 0.960 bits per heavy atom. The number of hydrogen-bond acceptors (Lipinski definition) is 6. The Hall–Kier alpha value is -4.41. The van der Waals surface area contributed by atoms with Gasteiger partial charge in [-0.25, -0.2) is 9.78 Å². The van der Waals surface area contributed by atoms with Crippen LogP contribution in [-0.2, 0) is 35.2 Å². The third-order valence-corrected chi connectivity index (χ3v) is 9.28. The van der Waals surface area contributed by atoms with Crippen LogP contribution in [0.4, 0.5) is 13.2 Å². The number of ether oxygens (including phenoxy) is 2. The molecular weight excluding hydrogens is 669 g/mol. The summed E-state index contributed by atoms with van der Waals surface area (Å²) in [5.74, 6) is -0.527. The SMILES string of the molecule is CCOC(=O)CCCCN(CCc1ccccc1OCc1ccc(-c2ccc(C(F)(F)F)cc2)cc1Cl)C1CCCc2nc(C(=O)O)ccc21. The lowest BCUT2D eigenvalue weighted by molar-refractivity contribution is -0.143. The first-order valence-corrected chi connectivity index (χ1v) is 17.2. The number of hydrogen-bond donors (Lipinski definition) is 1. The summed E-state index contributed by atoms with van der Waals surface area (Å²) >= 11 is 6.61. The number of carboxylic acid groups (broad SMARTS) is 1. The number of carboxylic acids is 1. The molecule has 0 spiro atoms. The molecule has 7 nitrogen and oxygen atoms in total. The average molecular weight is 709 g/mol. The normalized spacial score (nSPS) is 14.3. The van der Waals surface area contributed by atoms with E-state index in [2.05, 4.69) is 9.88 Å². The van der Waals surface area contributed by atoms with Gasteiger partial charge in [-0.2, -0.15) is 13.2 Å². The van der Waals surface area contributed by atoms with E-state index < -0.39 is 17.7 Å².